The Labute approximate surface area is 267 Å². The fourth-order valence-corrected chi connectivity index (χ4v) is 11.0. The zero-order chi connectivity index (χ0) is 31.8. The van der Waals surface area contributed by atoms with Crippen LogP contribution in [0.2, 0.25) is 0 Å². The number of phenolic OH excluding ortho intramolecular Hbond substituents is 1. The van der Waals surface area contributed by atoms with Crippen LogP contribution >= 0.6 is 11.3 Å². The van der Waals surface area contributed by atoms with Crippen molar-refractivity contribution in [1.29, 1.82) is 0 Å². The second-order valence-corrected chi connectivity index (χ2v) is 15.4. The van der Waals surface area contributed by atoms with E-state index in [0.717, 1.165) is 57.4 Å². The largest absolute Gasteiger partial charge is 0.504 e. The highest BCUT2D eigenvalue weighted by Gasteiger charge is 2.81. The summed E-state index contributed by atoms with van der Waals surface area (Å²) in [4.78, 5) is 23.3. The zero-order valence-electron chi connectivity index (χ0n) is 25.9. The van der Waals surface area contributed by atoms with Crippen molar-refractivity contribution >= 4 is 23.3 Å². The smallest absolute Gasteiger partial charge is 0.328 e. The van der Waals surface area contributed by atoms with Crippen molar-refractivity contribution in [2.24, 2.45) is 17.3 Å². The van der Waals surface area contributed by atoms with Crippen molar-refractivity contribution in [3.8, 4) is 11.5 Å². The number of benzene rings is 1. The molecule has 7 aliphatic rings. The molecule has 4 bridgehead atoms. The van der Waals surface area contributed by atoms with Crippen molar-refractivity contribution in [3.63, 3.8) is 0 Å². The molecule has 7 atom stereocenters. The number of aliphatic hydroxyl groups is 1. The van der Waals surface area contributed by atoms with Gasteiger partial charge in [-0.2, -0.15) is 0 Å². The highest BCUT2D eigenvalue weighted by Crippen LogP contribution is 2.77. The van der Waals surface area contributed by atoms with Crippen LogP contribution in [0.4, 0.5) is 0 Å². The molecule has 1 unspecified atom stereocenters. The third-order valence-electron chi connectivity index (χ3n) is 12.2. The summed E-state index contributed by atoms with van der Waals surface area (Å²) in [5.74, 6) is -0.697. The molecule has 45 heavy (non-hydrogen) atoms. The zero-order valence-corrected chi connectivity index (χ0v) is 26.7. The number of aromatic hydroxyl groups is 1. The van der Waals surface area contributed by atoms with E-state index in [2.05, 4.69) is 35.4 Å². The molecule has 3 heterocycles. The van der Waals surface area contributed by atoms with E-state index in [-0.39, 0.29) is 28.6 Å². The number of methoxy groups -OCH3 is 1. The molecule has 9 rings (SSSR count). The van der Waals surface area contributed by atoms with Crippen LogP contribution in [0, 0.1) is 17.3 Å². The number of thiophene rings is 1. The summed E-state index contributed by atoms with van der Waals surface area (Å²) in [6.45, 7) is 4.36. The second-order valence-electron chi connectivity index (χ2n) is 14.3. The molecule has 10 heteroatoms. The van der Waals surface area contributed by atoms with Gasteiger partial charge >= 0.3 is 11.9 Å². The first-order valence-corrected chi connectivity index (χ1v) is 17.1. The molecule has 2 spiro atoms. The third kappa shape index (κ3) is 4.58. The number of carboxylic acids is 2. The maximum absolute atomic E-state index is 12.3. The van der Waals surface area contributed by atoms with Gasteiger partial charge in [-0.25, -0.2) is 9.59 Å². The molecule has 2 aliphatic heterocycles. The molecular weight excluding hydrogens is 594 g/mol. The molecule has 5 aliphatic carbocycles. The van der Waals surface area contributed by atoms with Gasteiger partial charge in [0.15, 0.2) is 11.5 Å². The molecule has 9 nitrogen and oxygen atoms in total. The monoisotopic (exact) mass is 637 g/mol. The lowest BCUT2D eigenvalue weighted by atomic mass is 9.33. The minimum absolute atomic E-state index is 0.0155. The molecule has 1 aromatic heterocycles. The van der Waals surface area contributed by atoms with E-state index in [1.54, 1.807) is 11.3 Å². The van der Waals surface area contributed by atoms with Crippen molar-refractivity contribution < 1.29 is 39.5 Å². The number of aryl methyl sites for hydroxylation is 1. The van der Waals surface area contributed by atoms with Crippen molar-refractivity contribution in [3.05, 3.63) is 57.8 Å². The maximum atomic E-state index is 12.3. The Balaban J connectivity index is 0.000000363. The SMILES string of the molecule is CO[C@@]12CC[C@@]3(CC1[C@](C)(O)CCc1cccs1)[C@H]1Cc4ccc(O)c5c4[C@@]3(CCN1CC1CC1)[C@H]2O5.O=C(O)/C=C/C(=O)O. The van der Waals surface area contributed by atoms with E-state index >= 15 is 0 Å². The predicted octanol–water partition coefficient (Wildman–Crippen LogP) is 4.77. The Morgan fingerprint density at radius 1 is 1.16 bits per heavy atom. The van der Waals surface area contributed by atoms with E-state index < -0.39 is 23.1 Å². The van der Waals surface area contributed by atoms with Crippen molar-refractivity contribution in [2.75, 3.05) is 20.2 Å². The molecule has 0 amide bonds. The number of fused-ring (bicyclic) bond motifs is 2. The van der Waals surface area contributed by atoms with Crippen LogP contribution in [0.15, 0.2) is 41.8 Å². The van der Waals surface area contributed by atoms with E-state index in [0.29, 0.717) is 23.9 Å². The van der Waals surface area contributed by atoms with Gasteiger partial charge in [-0.15, -0.1) is 11.3 Å². The molecular formula is C35H43NO8S. The van der Waals surface area contributed by atoms with Gasteiger partial charge in [0.25, 0.3) is 0 Å². The lowest BCUT2D eigenvalue weighted by molar-refractivity contribution is -0.302. The van der Waals surface area contributed by atoms with Crippen LogP contribution in [0.25, 0.3) is 0 Å². The van der Waals surface area contributed by atoms with E-state index in [9.17, 15) is 19.8 Å². The van der Waals surface area contributed by atoms with Crippen LogP contribution < -0.4 is 4.74 Å². The summed E-state index contributed by atoms with van der Waals surface area (Å²) in [5, 5.41) is 41.0. The van der Waals surface area contributed by atoms with E-state index in [1.165, 1.54) is 35.4 Å². The number of likely N-dealkylation sites (tertiary alicyclic amines) is 1. The Hall–Kier alpha value is -2.92. The number of piperidine rings is 1. The molecule has 1 aromatic carbocycles. The minimum Gasteiger partial charge on any atom is -0.504 e. The number of ether oxygens (including phenoxy) is 2. The Bertz CT molecular complexity index is 1500. The van der Waals surface area contributed by atoms with Crippen LogP contribution in [0.3, 0.4) is 0 Å². The first kappa shape index (κ1) is 30.7. The molecule has 2 aromatic rings. The first-order chi connectivity index (χ1) is 21.5. The number of hydrogen-bond donors (Lipinski definition) is 4. The highest BCUT2D eigenvalue weighted by atomic mass is 32.1. The molecule has 0 radical (unpaired) electrons. The summed E-state index contributed by atoms with van der Waals surface area (Å²) in [6.07, 6.45) is 10.4. The van der Waals surface area contributed by atoms with Gasteiger partial charge in [0.2, 0.25) is 0 Å². The number of carbonyl (C=O) groups is 2. The van der Waals surface area contributed by atoms with E-state index in [1.807, 2.05) is 13.2 Å². The van der Waals surface area contributed by atoms with Crippen LogP contribution in [-0.2, 0) is 32.6 Å². The molecule has 4 saturated carbocycles. The minimum atomic E-state index is -1.26. The van der Waals surface area contributed by atoms with Gasteiger partial charge in [-0.3, -0.25) is 4.90 Å². The lowest BCUT2D eigenvalue weighted by Crippen LogP contribution is -2.82. The fraction of sp³-hybridized carbons (Fsp3) is 0.600. The standard InChI is InChI=1S/C31H39NO4S.C4H4O4/c1-28(34,10-9-21-4-3-15-37-21)23-17-29-11-12-31(23,35-2)27-30(29)13-14-32(18-19-5-6-19)24(29)16-20-7-8-22(33)26(36-27)25(20)30;5-3(6)1-2-4(7)8/h3-4,7-8,15,19,23-24,27,33-34H,5-6,9-14,16-18H2,1-2H3;1-2H,(H,5,6)(H,7,8)/b;2-1+/t23?,24-,27-,28-,29-,30+,31+;/m1./s1. The number of aliphatic carboxylic acids is 2. The summed E-state index contributed by atoms with van der Waals surface area (Å²) in [6, 6.07) is 8.75. The maximum Gasteiger partial charge on any atom is 0.328 e. The number of carboxylic acid groups (broad SMARTS) is 2. The van der Waals surface area contributed by atoms with Crippen LogP contribution in [0.1, 0.15) is 67.9 Å². The number of phenols is 1. The molecule has 242 valence electrons. The quantitative estimate of drug-likeness (QED) is 0.287. The Morgan fingerprint density at radius 2 is 1.91 bits per heavy atom. The van der Waals surface area contributed by atoms with Gasteiger partial charge in [-0.1, -0.05) is 12.1 Å². The molecule has 5 fully saturated rings. The van der Waals surface area contributed by atoms with Gasteiger partial charge in [0.05, 0.1) is 5.60 Å². The topological polar surface area (TPSA) is 137 Å². The van der Waals surface area contributed by atoms with Crippen LogP contribution in [0.5, 0.6) is 11.5 Å². The lowest BCUT2D eigenvalue weighted by Gasteiger charge is -2.75. The Morgan fingerprint density at radius 3 is 2.56 bits per heavy atom. The van der Waals surface area contributed by atoms with E-state index in [4.69, 9.17) is 19.7 Å². The summed E-state index contributed by atoms with van der Waals surface area (Å²) >= 11 is 1.77. The predicted molar refractivity (Wildman–Crippen MR) is 168 cm³/mol. The molecule has 1 saturated heterocycles. The number of rotatable bonds is 9. The van der Waals surface area contributed by atoms with Crippen molar-refractivity contribution in [1.82, 2.24) is 4.90 Å². The summed E-state index contributed by atoms with van der Waals surface area (Å²) in [5.41, 5.74) is 1.11. The van der Waals surface area contributed by atoms with Crippen molar-refractivity contribution in [2.45, 2.75) is 93.5 Å². The van der Waals surface area contributed by atoms with Gasteiger partial charge in [0.1, 0.15) is 11.7 Å². The highest BCUT2D eigenvalue weighted by molar-refractivity contribution is 7.09. The fourth-order valence-electron chi connectivity index (χ4n) is 10.3. The average molecular weight is 638 g/mol. The third-order valence-corrected chi connectivity index (χ3v) is 13.2. The average Bonchev–Trinajstić information content (AvgIpc) is 3.51. The summed E-state index contributed by atoms with van der Waals surface area (Å²) < 4.78 is 13.5. The van der Waals surface area contributed by atoms with Crippen LogP contribution in [-0.4, -0.2) is 80.8 Å². The second kappa shape index (κ2) is 10.8. The van der Waals surface area contributed by atoms with Gasteiger partial charge in [0, 0.05) is 59.0 Å². The molecule has 4 N–H and O–H groups in total. The first-order valence-electron chi connectivity index (χ1n) is 16.2. The van der Waals surface area contributed by atoms with Gasteiger partial charge in [-0.05, 0) is 100 Å². The van der Waals surface area contributed by atoms with Gasteiger partial charge < -0.3 is 29.9 Å². The number of nitrogens with zero attached hydrogens (tertiary/aromatic N) is 1. The summed E-state index contributed by atoms with van der Waals surface area (Å²) in [7, 11) is 1.84. The number of hydrogen-bond acceptors (Lipinski definition) is 8. The normalized spacial score (nSPS) is 35.2. The Kier molecular flexibility index (Phi) is 7.39.